The van der Waals surface area contributed by atoms with E-state index in [1.165, 1.54) is 25.7 Å². The molecule has 76 valence electrons. The van der Waals surface area contributed by atoms with E-state index in [4.69, 9.17) is 0 Å². The summed E-state index contributed by atoms with van der Waals surface area (Å²) < 4.78 is 0. The fourth-order valence-corrected chi connectivity index (χ4v) is 4.07. The zero-order chi connectivity index (χ0) is 9.64. The minimum atomic E-state index is 0.706. The zero-order valence-electron chi connectivity index (χ0n) is 9.64. The molecule has 0 spiro atoms. The third kappa shape index (κ3) is 1.33. The lowest BCUT2D eigenvalue weighted by Crippen LogP contribution is -2.30. The summed E-state index contributed by atoms with van der Waals surface area (Å²) in [5.41, 5.74) is 0.706. The summed E-state index contributed by atoms with van der Waals surface area (Å²) in [6.07, 6.45) is 5.93. The normalized spacial score (nSPS) is 55.4. The van der Waals surface area contributed by atoms with Crippen LogP contribution in [0.15, 0.2) is 0 Å². The lowest BCUT2D eigenvalue weighted by molar-refractivity contribution is 0.108. The molecular weight excluding hydrogens is 156 g/mol. The first-order valence-electron chi connectivity index (χ1n) is 6.07. The standard InChI is InChI=1S/C13H24/c1-5-11-7-13(4)8-12(11)9(2)6-10(13)3/h9-12H,5-8H2,1-4H3. The van der Waals surface area contributed by atoms with Gasteiger partial charge in [-0.15, -0.1) is 0 Å². The maximum absolute atomic E-state index is 2.53. The largest absolute Gasteiger partial charge is 0.0651 e. The molecule has 5 atom stereocenters. The average Bonchev–Trinajstić information content (AvgIpc) is 2.39. The summed E-state index contributed by atoms with van der Waals surface area (Å²) in [4.78, 5) is 0. The van der Waals surface area contributed by atoms with Gasteiger partial charge in [0, 0.05) is 0 Å². The Balaban J connectivity index is 2.20. The summed E-state index contributed by atoms with van der Waals surface area (Å²) in [6.45, 7) is 9.87. The molecule has 0 N–H and O–H groups in total. The lowest BCUT2D eigenvalue weighted by atomic mass is 9.66. The Bertz CT molecular complexity index is 192. The molecule has 0 aromatic heterocycles. The van der Waals surface area contributed by atoms with Crippen LogP contribution in [0.2, 0.25) is 0 Å². The molecule has 0 amide bonds. The number of rotatable bonds is 1. The van der Waals surface area contributed by atoms with Gasteiger partial charge in [-0.3, -0.25) is 0 Å². The number of hydrogen-bond acceptors (Lipinski definition) is 0. The Kier molecular flexibility index (Phi) is 2.20. The molecular formula is C13H24. The van der Waals surface area contributed by atoms with Crippen molar-refractivity contribution in [3.8, 4) is 0 Å². The van der Waals surface area contributed by atoms with Crippen molar-refractivity contribution < 1.29 is 0 Å². The van der Waals surface area contributed by atoms with Crippen molar-refractivity contribution >= 4 is 0 Å². The third-order valence-corrected chi connectivity index (χ3v) is 5.21. The molecule has 0 nitrogen and oxygen atoms in total. The second kappa shape index (κ2) is 3.00. The molecule has 13 heavy (non-hydrogen) atoms. The van der Waals surface area contributed by atoms with Gasteiger partial charge in [-0.05, 0) is 48.3 Å². The van der Waals surface area contributed by atoms with E-state index in [0.29, 0.717) is 5.41 Å². The smallest absolute Gasteiger partial charge is 0.0294 e. The lowest BCUT2D eigenvalue weighted by Gasteiger charge is -2.39. The van der Waals surface area contributed by atoms with Crippen molar-refractivity contribution in [3.63, 3.8) is 0 Å². The van der Waals surface area contributed by atoms with Crippen LogP contribution in [0.5, 0.6) is 0 Å². The molecule has 0 radical (unpaired) electrons. The minimum absolute atomic E-state index is 0.706. The molecule has 2 rings (SSSR count). The molecule has 2 aliphatic carbocycles. The van der Waals surface area contributed by atoms with Crippen molar-refractivity contribution in [1.29, 1.82) is 0 Å². The molecule has 0 heterocycles. The number of hydrogen-bond donors (Lipinski definition) is 0. The summed E-state index contributed by atoms with van der Waals surface area (Å²) >= 11 is 0. The number of fused-ring (bicyclic) bond motifs is 2. The topological polar surface area (TPSA) is 0 Å². The Hall–Kier alpha value is 0. The van der Waals surface area contributed by atoms with Gasteiger partial charge in [0.05, 0.1) is 0 Å². The van der Waals surface area contributed by atoms with Crippen LogP contribution < -0.4 is 0 Å². The van der Waals surface area contributed by atoms with Crippen molar-refractivity contribution in [2.75, 3.05) is 0 Å². The van der Waals surface area contributed by atoms with E-state index in [1.807, 2.05) is 0 Å². The molecule has 0 aliphatic heterocycles. The van der Waals surface area contributed by atoms with Crippen molar-refractivity contribution in [2.24, 2.45) is 29.1 Å². The molecule has 5 unspecified atom stereocenters. The van der Waals surface area contributed by atoms with Crippen LogP contribution in [0, 0.1) is 29.1 Å². The highest BCUT2D eigenvalue weighted by Crippen LogP contribution is 2.59. The Morgan fingerprint density at radius 3 is 2.54 bits per heavy atom. The molecule has 2 bridgehead atoms. The van der Waals surface area contributed by atoms with Gasteiger partial charge in [-0.1, -0.05) is 34.1 Å². The van der Waals surface area contributed by atoms with E-state index in [-0.39, 0.29) is 0 Å². The van der Waals surface area contributed by atoms with E-state index in [1.54, 1.807) is 0 Å². The van der Waals surface area contributed by atoms with E-state index in [9.17, 15) is 0 Å². The van der Waals surface area contributed by atoms with Gasteiger partial charge in [0.1, 0.15) is 0 Å². The third-order valence-electron chi connectivity index (χ3n) is 5.21. The summed E-state index contributed by atoms with van der Waals surface area (Å²) in [7, 11) is 0. The predicted octanol–water partition coefficient (Wildman–Crippen LogP) is 4.10. The highest BCUT2D eigenvalue weighted by atomic mass is 14.5. The van der Waals surface area contributed by atoms with Gasteiger partial charge in [0.15, 0.2) is 0 Å². The second-order valence-electron chi connectivity index (χ2n) is 6.01. The molecule has 0 saturated heterocycles. The van der Waals surface area contributed by atoms with Gasteiger partial charge in [0.25, 0.3) is 0 Å². The van der Waals surface area contributed by atoms with Crippen LogP contribution >= 0.6 is 0 Å². The monoisotopic (exact) mass is 180 g/mol. The van der Waals surface area contributed by atoms with Crippen LogP contribution in [0.3, 0.4) is 0 Å². The first-order chi connectivity index (χ1) is 6.07. The van der Waals surface area contributed by atoms with Crippen molar-refractivity contribution in [3.05, 3.63) is 0 Å². The van der Waals surface area contributed by atoms with Crippen LogP contribution in [-0.2, 0) is 0 Å². The fraction of sp³-hybridized carbons (Fsp3) is 1.00. The quantitative estimate of drug-likeness (QED) is 0.570. The summed E-state index contributed by atoms with van der Waals surface area (Å²) in [5.74, 6) is 4.07. The van der Waals surface area contributed by atoms with Crippen LogP contribution in [0.1, 0.15) is 53.4 Å². The first-order valence-corrected chi connectivity index (χ1v) is 6.07. The van der Waals surface area contributed by atoms with E-state index in [0.717, 1.165) is 23.7 Å². The Morgan fingerprint density at radius 2 is 1.92 bits per heavy atom. The SMILES string of the molecule is CCC1CC2(C)CC1C(C)CC2C. The molecule has 2 fully saturated rings. The van der Waals surface area contributed by atoms with E-state index in [2.05, 4.69) is 27.7 Å². The maximum Gasteiger partial charge on any atom is -0.0294 e. The van der Waals surface area contributed by atoms with Gasteiger partial charge in [-0.25, -0.2) is 0 Å². The second-order valence-corrected chi connectivity index (χ2v) is 6.01. The Morgan fingerprint density at radius 1 is 1.23 bits per heavy atom. The maximum atomic E-state index is 2.53. The minimum Gasteiger partial charge on any atom is -0.0651 e. The molecule has 2 saturated carbocycles. The van der Waals surface area contributed by atoms with Crippen molar-refractivity contribution in [2.45, 2.75) is 53.4 Å². The van der Waals surface area contributed by atoms with Crippen LogP contribution in [0.25, 0.3) is 0 Å². The highest BCUT2D eigenvalue weighted by Gasteiger charge is 2.50. The van der Waals surface area contributed by atoms with E-state index < -0.39 is 0 Å². The molecule has 0 aromatic carbocycles. The molecule has 0 aromatic rings. The fourth-order valence-electron chi connectivity index (χ4n) is 4.07. The molecule has 2 aliphatic rings. The van der Waals surface area contributed by atoms with Crippen LogP contribution in [0.4, 0.5) is 0 Å². The first kappa shape index (κ1) is 9.55. The summed E-state index contributed by atoms with van der Waals surface area (Å²) in [6, 6.07) is 0. The highest BCUT2D eigenvalue weighted by molar-refractivity contribution is 4.99. The Labute approximate surface area is 83.1 Å². The van der Waals surface area contributed by atoms with Crippen LogP contribution in [-0.4, -0.2) is 0 Å². The molecule has 0 heteroatoms. The predicted molar refractivity (Wildman–Crippen MR) is 57.6 cm³/mol. The van der Waals surface area contributed by atoms with Gasteiger partial charge >= 0.3 is 0 Å². The van der Waals surface area contributed by atoms with Crippen molar-refractivity contribution in [1.82, 2.24) is 0 Å². The average molecular weight is 180 g/mol. The van der Waals surface area contributed by atoms with Gasteiger partial charge in [0.2, 0.25) is 0 Å². The summed E-state index contributed by atoms with van der Waals surface area (Å²) in [5, 5.41) is 0. The van der Waals surface area contributed by atoms with E-state index >= 15 is 0 Å². The van der Waals surface area contributed by atoms with Gasteiger partial charge < -0.3 is 0 Å². The van der Waals surface area contributed by atoms with Gasteiger partial charge in [-0.2, -0.15) is 0 Å². The zero-order valence-corrected chi connectivity index (χ0v) is 9.64.